The van der Waals surface area contributed by atoms with E-state index in [1.165, 1.54) is 23.5 Å². The predicted octanol–water partition coefficient (Wildman–Crippen LogP) is 1.91. The van der Waals surface area contributed by atoms with E-state index in [0.717, 1.165) is 12.1 Å². The normalized spacial score (nSPS) is 19.4. The maximum absolute atomic E-state index is 10.5. The van der Waals surface area contributed by atoms with Gasteiger partial charge in [0, 0.05) is 18.3 Å². The molecule has 0 aliphatic carbocycles. The van der Waals surface area contributed by atoms with Crippen LogP contribution < -0.4 is 5.32 Å². The number of benzene rings is 1. The zero-order chi connectivity index (χ0) is 12.1. The lowest BCUT2D eigenvalue weighted by molar-refractivity contribution is -0.136. The zero-order valence-corrected chi connectivity index (χ0v) is 10.5. The second-order valence-corrected chi connectivity index (χ2v) is 5.48. The number of carboxylic acids is 1. The molecule has 0 aromatic heterocycles. The SMILES string of the molecule is O=C(O)Cc1ccc(CNC2CCSC2)cc1. The van der Waals surface area contributed by atoms with Crippen molar-refractivity contribution in [1.82, 2.24) is 5.32 Å². The second kappa shape index (κ2) is 6.07. The smallest absolute Gasteiger partial charge is 0.307 e. The number of hydrogen-bond acceptors (Lipinski definition) is 3. The van der Waals surface area contributed by atoms with Crippen molar-refractivity contribution >= 4 is 17.7 Å². The van der Waals surface area contributed by atoms with E-state index in [9.17, 15) is 4.79 Å². The van der Waals surface area contributed by atoms with Crippen molar-refractivity contribution in [3.8, 4) is 0 Å². The molecule has 92 valence electrons. The van der Waals surface area contributed by atoms with E-state index in [1.807, 2.05) is 36.0 Å². The van der Waals surface area contributed by atoms with Crippen LogP contribution in [0.5, 0.6) is 0 Å². The quantitative estimate of drug-likeness (QED) is 0.839. The van der Waals surface area contributed by atoms with E-state index in [-0.39, 0.29) is 6.42 Å². The molecular weight excluding hydrogens is 234 g/mol. The largest absolute Gasteiger partial charge is 0.481 e. The number of carboxylic acid groups (broad SMARTS) is 1. The van der Waals surface area contributed by atoms with Gasteiger partial charge in [0.15, 0.2) is 0 Å². The molecule has 1 aliphatic heterocycles. The highest BCUT2D eigenvalue weighted by molar-refractivity contribution is 7.99. The first-order valence-corrected chi connectivity index (χ1v) is 7.00. The highest BCUT2D eigenvalue weighted by Crippen LogP contribution is 2.17. The monoisotopic (exact) mass is 251 g/mol. The summed E-state index contributed by atoms with van der Waals surface area (Å²) in [4.78, 5) is 10.5. The first-order chi connectivity index (χ1) is 8.24. The Kier molecular flexibility index (Phi) is 4.45. The minimum atomic E-state index is -0.779. The summed E-state index contributed by atoms with van der Waals surface area (Å²) in [6.45, 7) is 0.874. The molecular formula is C13H17NO2S. The molecule has 1 atom stereocenters. The fourth-order valence-electron chi connectivity index (χ4n) is 1.91. The third-order valence-electron chi connectivity index (χ3n) is 2.90. The fourth-order valence-corrected chi connectivity index (χ4v) is 3.09. The number of carbonyl (C=O) groups is 1. The third-order valence-corrected chi connectivity index (χ3v) is 4.07. The van der Waals surface area contributed by atoms with E-state index in [2.05, 4.69) is 5.32 Å². The Morgan fingerprint density at radius 2 is 2.06 bits per heavy atom. The van der Waals surface area contributed by atoms with Gasteiger partial charge in [0.2, 0.25) is 0 Å². The highest BCUT2D eigenvalue weighted by atomic mass is 32.2. The summed E-state index contributed by atoms with van der Waals surface area (Å²) < 4.78 is 0. The van der Waals surface area contributed by atoms with Crippen molar-refractivity contribution in [2.24, 2.45) is 0 Å². The van der Waals surface area contributed by atoms with Crippen molar-refractivity contribution in [2.75, 3.05) is 11.5 Å². The Morgan fingerprint density at radius 3 is 2.65 bits per heavy atom. The zero-order valence-electron chi connectivity index (χ0n) is 9.69. The molecule has 17 heavy (non-hydrogen) atoms. The summed E-state index contributed by atoms with van der Waals surface area (Å²) in [6, 6.07) is 8.45. The Labute approximate surface area is 106 Å². The highest BCUT2D eigenvalue weighted by Gasteiger charge is 2.14. The average Bonchev–Trinajstić information content (AvgIpc) is 2.80. The summed E-state index contributed by atoms with van der Waals surface area (Å²) >= 11 is 2.00. The molecule has 3 nitrogen and oxygen atoms in total. The molecule has 0 bridgehead atoms. The van der Waals surface area contributed by atoms with E-state index < -0.39 is 5.97 Å². The van der Waals surface area contributed by atoms with Crippen molar-refractivity contribution in [1.29, 1.82) is 0 Å². The molecule has 1 saturated heterocycles. The molecule has 1 aromatic rings. The topological polar surface area (TPSA) is 49.3 Å². The standard InChI is InChI=1S/C13H17NO2S/c15-13(16)7-10-1-3-11(4-2-10)8-14-12-5-6-17-9-12/h1-4,12,14H,5-9H2,(H,15,16). The molecule has 1 aliphatic rings. The Bertz CT molecular complexity index is 372. The molecule has 4 heteroatoms. The van der Waals surface area contributed by atoms with Crippen LogP contribution in [0, 0.1) is 0 Å². The van der Waals surface area contributed by atoms with Gasteiger partial charge < -0.3 is 10.4 Å². The Balaban J connectivity index is 1.82. The lowest BCUT2D eigenvalue weighted by Gasteiger charge is -2.11. The number of nitrogens with one attached hydrogen (secondary N) is 1. The molecule has 1 unspecified atom stereocenters. The van der Waals surface area contributed by atoms with Gasteiger partial charge in [0.1, 0.15) is 0 Å². The second-order valence-electron chi connectivity index (χ2n) is 4.33. The number of thioether (sulfide) groups is 1. The van der Waals surface area contributed by atoms with Crippen molar-refractivity contribution in [2.45, 2.75) is 25.4 Å². The van der Waals surface area contributed by atoms with E-state index in [0.29, 0.717) is 6.04 Å². The molecule has 1 aromatic carbocycles. The van der Waals surface area contributed by atoms with Gasteiger partial charge in [0.25, 0.3) is 0 Å². The van der Waals surface area contributed by atoms with Crippen LogP contribution in [0.15, 0.2) is 24.3 Å². The van der Waals surface area contributed by atoms with Gasteiger partial charge in [-0.05, 0) is 23.3 Å². The fraction of sp³-hybridized carbons (Fsp3) is 0.462. The van der Waals surface area contributed by atoms with Crippen LogP contribution in [-0.4, -0.2) is 28.6 Å². The number of hydrogen-bond donors (Lipinski definition) is 2. The summed E-state index contributed by atoms with van der Waals surface area (Å²) in [5.74, 6) is 1.69. The lowest BCUT2D eigenvalue weighted by atomic mass is 10.1. The molecule has 0 spiro atoms. The van der Waals surface area contributed by atoms with Crippen LogP contribution >= 0.6 is 11.8 Å². The molecule has 1 fully saturated rings. The van der Waals surface area contributed by atoms with Crippen LogP contribution in [0.25, 0.3) is 0 Å². The molecule has 2 rings (SSSR count). The van der Waals surface area contributed by atoms with E-state index in [4.69, 9.17) is 5.11 Å². The third kappa shape index (κ3) is 4.06. The molecule has 0 amide bonds. The van der Waals surface area contributed by atoms with Gasteiger partial charge >= 0.3 is 5.97 Å². The van der Waals surface area contributed by atoms with E-state index >= 15 is 0 Å². The van der Waals surface area contributed by atoms with Crippen LogP contribution in [0.4, 0.5) is 0 Å². The van der Waals surface area contributed by atoms with Crippen LogP contribution in [0.3, 0.4) is 0 Å². The first-order valence-electron chi connectivity index (χ1n) is 5.85. The summed E-state index contributed by atoms with van der Waals surface area (Å²) in [5.41, 5.74) is 2.08. The van der Waals surface area contributed by atoms with Crippen LogP contribution in [-0.2, 0) is 17.8 Å². The van der Waals surface area contributed by atoms with Gasteiger partial charge in [-0.15, -0.1) is 0 Å². The minimum absolute atomic E-state index is 0.104. The molecule has 0 radical (unpaired) electrons. The lowest BCUT2D eigenvalue weighted by Crippen LogP contribution is -2.27. The van der Waals surface area contributed by atoms with Crippen molar-refractivity contribution < 1.29 is 9.90 Å². The van der Waals surface area contributed by atoms with Gasteiger partial charge in [0.05, 0.1) is 6.42 Å². The number of rotatable bonds is 5. The Morgan fingerprint density at radius 1 is 1.35 bits per heavy atom. The minimum Gasteiger partial charge on any atom is -0.481 e. The Hall–Kier alpha value is -1.00. The van der Waals surface area contributed by atoms with Crippen molar-refractivity contribution in [3.63, 3.8) is 0 Å². The average molecular weight is 251 g/mol. The van der Waals surface area contributed by atoms with Gasteiger partial charge in [-0.3, -0.25) is 4.79 Å². The first kappa shape index (κ1) is 12.5. The van der Waals surface area contributed by atoms with Gasteiger partial charge in [-0.2, -0.15) is 11.8 Å². The maximum Gasteiger partial charge on any atom is 0.307 e. The molecule has 1 heterocycles. The molecule has 2 N–H and O–H groups in total. The molecule has 0 saturated carbocycles. The predicted molar refractivity (Wildman–Crippen MR) is 70.4 cm³/mol. The van der Waals surface area contributed by atoms with Gasteiger partial charge in [-0.25, -0.2) is 0 Å². The maximum atomic E-state index is 10.5. The van der Waals surface area contributed by atoms with Crippen LogP contribution in [0.2, 0.25) is 0 Å². The van der Waals surface area contributed by atoms with E-state index in [1.54, 1.807) is 0 Å². The van der Waals surface area contributed by atoms with Crippen molar-refractivity contribution in [3.05, 3.63) is 35.4 Å². The van der Waals surface area contributed by atoms with Crippen LogP contribution in [0.1, 0.15) is 17.5 Å². The summed E-state index contributed by atoms with van der Waals surface area (Å²) in [7, 11) is 0. The van der Waals surface area contributed by atoms with Gasteiger partial charge in [-0.1, -0.05) is 24.3 Å². The summed E-state index contributed by atoms with van der Waals surface area (Å²) in [5, 5.41) is 12.2. The summed E-state index contributed by atoms with van der Waals surface area (Å²) in [6.07, 6.45) is 1.36. The number of aliphatic carboxylic acids is 1.